The maximum atomic E-state index is 12.5. The van der Waals surface area contributed by atoms with Crippen molar-refractivity contribution in [2.75, 3.05) is 20.3 Å². The van der Waals surface area contributed by atoms with Crippen LogP contribution in [0.25, 0.3) is 0 Å². The van der Waals surface area contributed by atoms with Crippen molar-refractivity contribution in [3.8, 4) is 5.75 Å². The third kappa shape index (κ3) is 8.51. The monoisotopic (exact) mass is 530 g/mol. The molecule has 10 heteroatoms. The molecule has 37 heavy (non-hydrogen) atoms. The highest BCUT2D eigenvalue weighted by molar-refractivity contribution is 5.71. The second-order valence-corrected chi connectivity index (χ2v) is 10.0. The van der Waals surface area contributed by atoms with Crippen LogP contribution in [0.3, 0.4) is 0 Å². The van der Waals surface area contributed by atoms with Gasteiger partial charge in [-0.2, -0.15) is 13.2 Å². The average Bonchev–Trinajstić information content (AvgIpc) is 3.18. The quantitative estimate of drug-likeness (QED) is 0.286. The molecule has 0 saturated heterocycles. The summed E-state index contributed by atoms with van der Waals surface area (Å²) in [4.78, 5) is 23.7. The number of alkyl halides is 3. The molecule has 0 bridgehead atoms. The minimum absolute atomic E-state index is 0.109. The van der Waals surface area contributed by atoms with Crippen LogP contribution in [-0.4, -0.2) is 55.9 Å². The standard InChI is InChI=1S/C27H37F3O7/c1-3-4-5-8-19(31)10-11-20-21-12-17-7-6-9-23(35-15-25(32)34-2)22(17)13-18(21)14-24(20)37-26(33)36-16-27(28,29)30/h6-7,9,18-21,24,31H,3-5,8,10-16H2,1-2H3/t18-,19-,20+,21-,24+/m0/s1. The Morgan fingerprint density at radius 3 is 2.65 bits per heavy atom. The van der Waals surface area contributed by atoms with Gasteiger partial charge in [-0.15, -0.1) is 0 Å². The van der Waals surface area contributed by atoms with Gasteiger partial charge in [-0.05, 0) is 73.5 Å². The lowest BCUT2D eigenvalue weighted by molar-refractivity contribution is -0.167. The molecule has 1 fully saturated rings. The summed E-state index contributed by atoms with van der Waals surface area (Å²) < 4.78 is 57.6. The van der Waals surface area contributed by atoms with Crippen molar-refractivity contribution in [1.82, 2.24) is 0 Å². The van der Waals surface area contributed by atoms with Crippen molar-refractivity contribution in [1.29, 1.82) is 0 Å². The summed E-state index contributed by atoms with van der Waals surface area (Å²) >= 11 is 0. The summed E-state index contributed by atoms with van der Waals surface area (Å²) in [5.41, 5.74) is 2.05. The van der Waals surface area contributed by atoms with E-state index in [0.29, 0.717) is 44.3 Å². The molecule has 0 amide bonds. The molecule has 1 N–H and O–H groups in total. The molecule has 1 aromatic rings. The Morgan fingerprint density at radius 1 is 1.16 bits per heavy atom. The van der Waals surface area contributed by atoms with Crippen molar-refractivity contribution in [2.45, 2.75) is 83.1 Å². The Labute approximate surface area is 215 Å². The van der Waals surface area contributed by atoms with Gasteiger partial charge in [0, 0.05) is 0 Å². The van der Waals surface area contributed by atoms with Crippen LogP contribution in [0.2, 0.25) is 0 Å². The van der Waals surface area contributed by atoms with Gasteiger partial charge in [0.25, 0.3) is 0 Å². The number of ether oxygens (including phenoxy) is 4. The number of halogens is 3. The van der Waals surface area contributed by atoms with Crippen molar-refractivity contribution in [3.63, 3.8) is 0 Å². The van der Waals surface area contributed by atoms with Crippen LogP contribution in [0, 0.1) is 17.8 Å². The fraction of sp³-hybridized carbons (Fsp3) is 0.704. The Balaban J connectivity index is 1.72. The molecule has 0 spiro atoms. The molecule has 2 aliphatic rings. The maximum absolute atomic E-state index is 12.5. The van der Waals surface area contributed by atoms with E-state index in [1.807, 2.05) is 12.1 Å². The van der Waals surface area contributed by atoms with Crippen LogP contribution in [0.15, 0.2) is 18.2 Å². The first-order chi connectivity index (χ1) is 17.6. The molecule has 1 saturated carbocycles. The number of methoxy groups -OCH3 is 1. The molecule has 7 nitrogen and oxygen atoms in total. The van der Waals surface area contributed by atoms with E-state index in [1.54, 1.807) is 6.07 Å². The average molecular weight is 531 g/mol. The van der Waals surface area contributed by atoms with E-state index in [9.17, 15) is 27.9 Å². The minimum atomic E-state index is -4.63. The van der Waals surface area contributed by atoms with Gasteiger partial charge in [0.1, 0.15) is 11.9 Å². The zero-order chi connectivity index (χ0) is 27.0. The van der Waals surface area contributed by atoms with Gasteiger partial charge >= 0.3 is 18.3 Å². The molecule has 0 heterocycles. The summed E-state index contributed by atoms with van der Waals surface area (Å²) in [5, 5.41) is 10.5. The van der Waals surface area contributed by atoms with E-state index in [2.05, 4.69) is 16.4 Å². The van der Waals surface area contributed by atoms with E-state index >= 15 is 0 Å². The number of carbonyl (C=O) groups is 2. The molecule has 0 unspecified atom stereocenters. The first-order valence-electron chi connectivity index (χ1n) is 13.0. The van der Waals surface area contributed by atoms with Gasteiger partial charge in [0.15, 0.2) is 13.2 Å². The third-order valence-electron chi connectivity index (χ3n) is 7.47. The van der Waals surface area contributed by atoms with Gasteiger partial charge in [-0.1, -0.05) is 38.3 Å². The topological polar surface area (TPSA) is 91.3 Å². The van der Waals surface area contributed by atoms with Gasteiger partial charge in [0.2, 0.25) is 0 Å². The number of aliphatic hydroxyl groups is 1. The maximum Gasteiger partial charge on any atom is 0.508 e. The zero-order valence-electron chi connectivity index (χ0n) is 21.4. The minimum Gasteiger partial charge on any atom is -0.482 e. The summed E-state index contributed by atoms with van der Waals surface area (Å²) in [6, 6.07) is 5.65. The van der Waals surface area contributed by atoms with Crippen LogP contribution in [-0.2, 0) is 31.8 Å². The van der Waals surface area contributed by atoms with Crippen LogP contribution in [0.4, 0.5) is 18.0 Å². The second-order valence-electron chi connectivity index (χ2n) is 10.0. The lowest BCUT2D eigenvalue weighted by Crippen LogP contribution is -2.30. The summed E-state index contributed by atoms with van der Waals surface area (Å²) in [7, 11) is 1.29. The highest BCUT2D eigenvalue weighted by Crippen LogP contribution is 2.49. The SMILES string of the molecule is CCCCC[C@H](O)CC[C@@H]1[C@H]2Cc3cccc(OCC(=O)OC)c3C[C@H]2C[C@H]1OC(=O)OCC(F)(F)F. The Bertz CT molecular complexity index is 904. The summed E-state index contributed by atoms with van der Waals surface area (Å²) in [6.45, 7) is 0.187. The van der Waals surface area contributed by atoms with Crippen molar-refractivity contribution in [3.05, 3.63) is 29.3 Å². The Morgan fingerprint density at radius 2 is 1.95 bits per heavy atom. The second kappa shape index (κ2) is 13.3. The van der Waals surface area contributed by atoms with E-state index in [1.165, 1.54) is 7.11 Å². The highest BCUT2D eigenvalue weighted by atomic mass is 19.4. The smallest absolute Gasteiger partial charge is 0.482 e. The predicted molar refractivity (Wildman–Crippen MR) is 128 cm³/mol. The number of hydrogen-bond acceptors (Lipinski definition) is 7. The molecule has 5 atom stereocenters. The van der Waals surface area contributed by atoms with Crippen molar-refractivity contribution < 1.29 is 46.8 Å². The van der Waals surface area contributed by atoms with Gasteiger partial charge < -0.3 is 24.1 Å². The highest BCUT2D eigenvalue weighted by Gasteiger charge is 2.47. The third-order valence-corrected chi connectivity index (χ3v) is 7.47. The molecular formula is C27H37F3O7. The zero-order valence-corrected chi connectivity index (χ0v) is 21.4. The number of hydrogen-bond donors (Lipinski definition) is 1. The molecular weight excluding hydrogens is 493 g/mol. The van der Waals surface area contributed by atoms with E-state index < -0.39 is 37.1 Å². The number of carbonyl (C=O) groups excluding carboxylic acids is 2. The number of fused-ring (bicyclic) bond motifs is 2. The number of unbranched alkanes of at least 4 members (excludes halogenated alkanes) is 2. The molecule has 0 aliphatic heterocycles. The van der Waals surface area contributed by atoms with Crippen LogP contribution < -0.4 is 4.74 Å². The van der Waals surface area contributed by atoms with E-state index in [0.717, 1.165) is 30.4 Å². The fourth-order valence-electron chi connectivity index (χ4n) is 5.70. The molecule has 0 aromatic heterocycles. The summed E-state index contributed by atoms with van der Waals surface area (Å²) in [6.07, 6.45) is -0.396. The van der Waals surface area contributed by atoms with Gasteiger partial charge in [0.05, 0.1) is 13.2 Å². The lowest BCUT2D eigenvalue weighted by Gasteiger charge is -2.32. The van der Waals surface area contributed by atoms with E-state index in [-0.39, 0.29) is 24.4 Å². The first kappa shape index (κ1) is 29.1. The summed E-state index contributed by atoms with van der Waals surface area (Å²) in [5.74, 6) is 0.232. The number of aliphatic hydroxyl groups excluding tert-OH is 1. The van der Waals surface area contributed by atoms with Crippen molar-refractivity contribution in [2.24, 2.45) is 17.8 Å². The van der Waals surface area contributed by atoms with Crippen LogP contribution in [0.1, 0.15) is 63.0 Å². The first-order valence-corrected chi connectivity index (χ1v) is 13.0. The number of esters is 1. The largest absolute Gasteiger partial charge is 0.508 e. The fourth-order valence-corrected chi connectivity index (χ4v) is 5.70. The molecule has 0 radical (unpaired) electrons. The molecule has 1 aromatic carbocycles. The lowest BCUT2D eigenvalue weighted by atomic mass is 9.73. The Hall–Kier alpha value is -2.49. The van der Waals surface area contributed by atoms with E-state index in [4.69, 9.17) is 9.47 Å². The normalized spacial score (nSPS) is 23.5. The van der Waals surface area contributed by atoms with Crippen molar-refractivity contribution >= 4 is 12.1 Å². The van der Waals surface area contributed by atoms with Crippen LogP contribution >= 0.6 is 0 Å². The number of rotatable bonds is 12. The molecule has 2 aliphatic carbocycles. The molecule has 208 valence electrons. The predicted octanol–water partition coefficient (Wildman–Crippen LogP) is 5.39. The van der Waals surface area contributed by atoms with Crippen LogP contribution in [0.5, 0.6) is 5.75 Å². The number of benzene rings is 1. The molecule has 3 rings (SSSR count). The van der Waals surface area contributed by atoms with Gasteiger partial charge in [-0.3, -0.25) is 0 Å². The van der Waals surface area contributed by atoms with Gasteiger partial charge in [-0.25, -0.2) is 9.59 Å². The Kier molecular flexibility index (Phi) is 10.5.